The second-order valence-corrected chi connectivity index (χ2v) is 9.15. The fourth-order valence-corrected chi connectivity index (χ4v) is 3.41. The third-order valence-electron chi connectivity index (χ3n) is 4.76. The Morgan fingerprint density at radius 2 is 1.91 bits per heavy atom. The molecular formula is C24H27ClN2O7. The number of benzene rings is 2. The fourth-order valence-electron chi connectivity index (χ4n) is 3.21. The summed E-state index contributed by atoms with van der Waals surface area (Å²) in [5, 5.41) is 15.1. The van der Waals surface area contributed by atoms with Gasteiger partial charge in [0.1, 0.15) is 23.0 Å². The molecule has 1 aliphatic rings. The number of hydrogen-bond donors (Lipinski definition) is 3. The van der Waals surface area contributed by atoms with E-state index in [4.69, 9.17) is 25.8 Å². The molecule has 1 heterocycles. The van der Waals surface area contributed by atoms with Crippen LogP contribution in [0.5, 0.6) is 5.75 Å². The Hall–Kier alpha value is -3.30. The molecule has 0 saturated carbocycles. The Morgan fingerprint density at radius 1 is 1.15 bits per heavy atom. The van der Waals surface area contributed by atoms with Gasteiger partial charge in [-0.05, 0) is 56.7 Å². The van der Waals surface area contributed by atoms with Gasteiger partial charge in [0.2, 0.25) is 0 Å². The van der Waals surface area contributed by atoms with E-state index >= 15 is 0 Å². The lowest BCUT2D eigenvalue weighted by atomic mass is 10.1. The van der Waals surface area contributed by atoms with Crippen LogP contribution in [0.2, 0.25) is 5.02 Å². The number of anilines is 1. The third-order valence-corrected chi connectivity index (χ3v) is 5.09. The molecule has 10 heteroatoms. The Labute approximate surface area is 202 Å². The lowest BCUT2D eigenvalue weighted by Gasteiger charge is -2.19. The maximum absolute atomic E-state index is 12.9. The monoisotopic (exact) mass is 490 g/mol. The average molecular weight is 491 g/mol. The highest BCUT2D eigenvalue weighted by atomic mass is 35.5. The summed E-state index contributed by atoms with van der Waals surface area (Å²) in [4.78, 5) is 36.5. The smallest absolute Gasteiger partial charge is 0.407 e. The normalized spacial score (nSPS) is 15.5. The van der Waals surface area contributed by atoms with E-state index in [1.54, 1.807) is 45.0 Å². The van der Waals surface area contributed by atoms with Crippen LogP contribution in [0.1, 0.15) is 53.5 Å². The molecule has 9 nitrogen and oxygen atoms in total. The Balaban J connectivity index is 1.70. The molecule has 34 heavy (non-hydrogen) atoms. The molecule has 1 atom stereocenters. The summed E-state index contributed by atoms with van der Waals surface area (Å²) in [6.45, 7) is 6.37. The van der Waals surface area contributed by atoms with Gasteiger partial charge < -0.3 is 30.0 Å². The largest absolute Gasteiger partial charge is 0.487 e. The maximum atomic E-state index is 12.9. The standard InChI is InChI=1S/C24H27ClN2O7/c1-24(2,3)34-23(31)26-12-14-4-6-19(25)17(10-14)21(28)27-15-5-7-20(18(11-15)22(29)30)33-16-8-9-32-13-16/h4-7,10-11,16H,8-9,12-13H2,1-3H3,(H,26,31)(H,27,28)(H,29,30). The van der Waals surface area contributed by atoms with Gasteiger partial charge in [0.15, 0.2) is 0 Å². The van der Waals surface area contributed by atoms with Crippen molar-refractivity contribution in [3.8, 4) is 5.75 Å². The number of hydrogen-bond acceptors (Lipinski definition) is 6. The molecule has 0 bridgehead atoms. The summed E-state index contributed by atoms with van der Waals surface area (Å²) < 4.78 is 16.2. The van der Waals surface area contributed by atoms with E-state index < -0.39 is 23.6 Å². The molecule has 2 aromatic rings. The average Bonchev–Trinajstić information content (AvgIpc) is 3.26. The van der Waals surface area contributed by atoms with Gasteiger partial charge in [-0.15, -0.1) is 0 Å². The minimum atomic E-state index is -1.18. The second kappa shape index (κ2) is 10.8. The summed E-state index contributed by atoms with van der Waals surface area (Å²) in [5.41, 5.74) is 0.367. The van der Waals surface area contributed by atoms with Crippen LogP contribution >= 0.6 is 11.6 Å². The van der Waals surface area contributed by atoms with Crippen LogP contribution in [-0.4, -0.2) is 48.0 Å². The van der Waals surface area contributed by atoms with Gasteiger partial charge in [0.05, 0.1) is 23.8 Å². The number of ether oxygens (including phenoxy) is 3. The highest BCUT2D eigenvalue weighted by molar-refractivity contribution is 6.34. The number of carboxylic acid groups (broad SMARTS) is 1. The summed E-state index contributed by atoms with van der Waals surface area (Å²) >= 11 is 6.21. The first-order chi connectivity index (χ1) is 16.0. The second-order valence-electron chi connectivity index (χ2n) is 8.74. The molecule has 0 spiro atoms. The van der Waals surface area contributed by atoms with Gasteiger partial charge in [-0.25, -0.2) is 9.59 Å². The highest BCUT2D eigenvalue weighted by Crippen LogP contribution is 2.27. The molecule has 2 aromatic carbocycles. The van der Waals surface area contributed by atoms with Gasteiger partial charge in [-0.3, -0.25) is 4.79 Å². The predicted molar refractivity (Wildman–Crippen MR) is 126 cm³/mol. The molecule has 0 radical (unpaired) electrons. The first-order valence-corrected chi connectivity index (χ1v) is 11.1. The summed E-state index contributed by atoms with van der Waals surface area (Å²) in [6.07, 6.45) is -0.120. The number of alkyl carbamates (subject to hydrolysis) is 1. The van der Waals surface area contributed by atoms with E-state index in [0.29, 0.717) is 25.2 Å². The van der Waals surface area contributed by atoms with Crippen LogP contribution in [0.3, 0.4) is 0 Å². The predicted octanol–water partition coefficient (Wildman–Crippen LogP) is 4.48. The number of aromatic carboxylic acids is 1. The number of halogens is 1. The fraction of sp³-hybridized carbons (Fsp3) is 0.375. The van der Waals surface area contributed by atoms with Crippen molar-refractivity contribution in [2.75, 3.05) is 18.5 Å². The SMILES string of the molecule is CC(C)(C)OC(=O)NCc1ccc(Cl)c(C(=O)Nc2ccc(OC3CCOC3)c(C(=O)O)c2)c1. The van der Waals surface area contributed by atoms with Crippen molar-refractivity contribution in [2.24, 2.45) is 0 Å². The molecule has 0 aliphatic carbocycles. The molecule has 1 fully saturated rings. The zero-order chi connectivity index (χ0) is 24.9. The van der Waals surface area contributed by atoms with E-state index in [0.717, 1.165) is 0 Å². The molecule has 2 amide bonds. The van der Waals surface area contributed by atoms with Gasteiger partial charge in [0.25, 0.3) is 5.91 Å². The number of amides is 2. The van der Waals surface area contributed by atoms with E-state index in [1.165, 1.54) is 12.1 Å². The topological polar surface area (TPSA) is 123 Å². The maximum Gasteiger partial charge on any atom is 0.407 e. The van der Waals surface area contributed by atoms with Crippen molar-refractivity contribution in [1.29, 1.82) is 0 Å². The number of nitrogens with one attached hydrogen (secondary N) is 2. The van der Waals surface area contributed by atoms with Crippen molar-refractivity contribution < 1.29 is 33.7 Å². The Bertz CT molecular complexity index is 1080. The summed E-state index contributed by atoms with van der Waals surface area (Å²) in [7, 11) is 0. The minimum absolute atomic E-state index is 0.0777. The van der Waals surface area contributed by atoms with Crippen molar-refractivity contribution in [1.82, 2.24) is 5.32 Å². The molecular weight excluding hydrogens is 464 g/mol. The zero-order valence-corrected chi connectivity index (χ0v) is 19.9. The van der Waals surface area contributed by atoms with Crippen molar-refractivity contribution >= 4 is 35.3 Å². The lowest BCUT2D eigenvalue weighted by Crippen LogP contribution is -2.32. The zero-order valence-electron chi connectivity index (χ0n) is 19.1. The van der Waals surface area contributed by atoms with Crippen LogP contribution in [0, 0.1) is 0 Å². The molecule has 182 valence electrons. The first-order valence-electron chi connectivity index (χ1n) is 10.7. The van der Waals surface area contributed by atoms with Gasteiger partial charge >= 0.3 is 12.1 Å². The molecule has 1 unspecified atom stereocenters. The molecule has 1 saturated heterocycles. The van der Waals surface area contributed by atoms with Crippen LogP contribution in [-0.2, 0) is 16.0 Å². The van der Waals surface area contributed by atoms with Gasteiger partial charge in [-0.1, -0.05) is 17.7 Å². The molecule has 0 aromatic heterocycles. The summed E-state index contributed by atoms with van der Waals surface area (Å²) in [5.74, 6) is -1.51. The van der Waals surface area contributed by atoms with Crippen molar-refractivity contribution in [2.45, 2.75) is 45.4 Å². The van der Waals surface area contributed by atoms with E-state index in [9.17, 15) is 19.5 Å². The van der Waals surface area contributed by atoms with Crippen molar-refractivity contribution in [3.05, 3.63) is 58.1 Å². The van der Waals surface area contributed by atoms with Crippen LogP contribution < -0.4 is 15.4 Å². The third kappa shape index (κ3) is 7.10. The Kier molecular flexibility index (Phi) is 8.01. The molecule has 3 rings (SSSR count). The van der Waals surface area contributed by atoms with Gasteiger partial charge in [0, 0.05) is 18.7 Å². The van der Waals surface area contributed by atoms with E-state index in [1.807, 2.05) is 0 Å². The molecule has 1 aliphatic heterocycles. The van der Waals surface area contributed by atoms with Gasteiger partial charge in [-0.2, -0.15) is 0 Å². The van der Waals surface area contributed by atoms with Crippen molar-refractivity contribution in [3.63, 3.8) is 0 Å². The lowest BCUT2D eigenvalue weighted by molar-refractivity contribution is 0.0522. The number of carbonyl (C=O) groups excluding carboxylic acids is 2. The quantitative estimate of drug-likeness (QED) is 0.522. The first kappa shape index (κ1) is 25.3. The highest BCUT2D eigenvalue weighted by Gasteiger charge is 2.22. The van der Waals surface area contributed by atoms with Crippen LogP contribution in [0.4, 0.5) is 10.5 Å². The molecule has 3 N–H and O–H groups in total. The van der Waals surface area contributed by atoms with E-state index in [2.05, 4.69) is 10.6 Å². The van der Waals surface area contributed by atoms with Crippen LogP contribution in [0.15, 0.2) is 36.4 Å². The summed E-state index contributed by atoms with van der Waals surface area (Å²) in [6, 6.07) is 9.15. The van der Waals surface area contributed by atoms with E-state index in [-0.39, 0.29) is 40.2 Å². The van der Waals surface area contributed by atoms with Crippen LogP contribution in [0.25, 0.3) is 0 Å². The number of carbonyl (C=O) groups is 3. The number of rotatable bonds is 7. The number of carboxylic acids is 1. The Morgan fingerprint density at radius 3 is 2.56 bits per heavy atom. The minimum Gasteiger partial charge on any atom is -0.487 e.